The summed E-state index contributed by atoms with van der Waals surface area (Å²) in [5.74, 6) is -1.51. The van der Waals surface area contributed by atoms with Crippen molar-refractivity contribution in [2.75, 3.05) is 20.3 Å². The minimum absolute atomic E-state index is 0.0556. The minimum atomic E-state index is -1.04. The standard InChI is InChI=1S/C28H38N4O6/c1-16(2)11-21(27(36)30-20(24(34)15-33)12-18-9-10-29-26(18)35)31-28(37)23-13-19-22(32(23)14-17(3)4)7-6-8-25(19)38-5/h6-8,13,16,18,20-21,33H,3,9-12,14-15H2,1-2,4-5H3,(H,29,35)(H,30,36)(H,31,37)/t18-,20+,21+/m0/s1. The quantitative estimate of drug-likeness (QED) is 0.294. The van der Waals surface area contributed by atoms with E-state index in [0.717, 1.165) is 16.5 Å². The second kappa shape index (κ2) is 12.7. The molecule has 1 aromatic carbocycles. The molecule has 1 aromatic heterocycles. The van der Waals surface area contributed by atoms with Gasteiger partial charge in [-0.15, -0.1) is 0 Å². The summed E-state index contributed by atoms with van der Waals surface area (Å²) in [4.78, 5) is 51.4. The third kappa shape index (κ3) is 6.80. The number of ketones is 1. The maximum Gasteiger partial charge on any atom is 0.268 e. The lowest BCUT2D eigenvalue weighted by molar-refractivity contribution is -0.131. The number of nitrogens with zero attached hydrogens (tertiary/aromatic N) is 1. The van der Waals surface area contributed by atoms with E-state index in [1.54, 1.807) is 13.2 Å². The van der Waals surface area contributed by atoms with Crippen LogP contribution in [0, 0.1) is 11.8 Å². The van der Waals surface area contributed by atoms with E-state index in [4.69, 9.17) is 4.74 Å². The molecule has 206 valence electrons. The van der Waals surface area contributed by atoms with Gasteiger partial charge in [-0.25, -0.2) is 0 Å². The van der Waals surface area contributed by atoms with Crippen molar-refractivity contribution >= 4 is 34.4 Å². The van der Waals surface area contributed by atoms with Crippen LogP contribution in [0.1, 0.15) is 50.5 Å². The monoisotopic (exact) mass is 526 g/mol. The van der Waals surface area contributed by atoms with Gasteiger partial charge < -0.3 is 30.4 Å². The second-order valence-corrected chi connectivity index (χ2v) is 10.3. The Kier molecular flexibility index (Phi) is 9.68. The molecule has 1 fully saturated rings. The van der Waals surface area contributed by atoms with E-state index in [1.165, 1.54) is 0 Å². The molecule has 2 aromatic rings. The lowest BCUT2D eigenvalue weighted by atomic mass is 9.95. The Morgan fingerprint density at radius 1 is 1.24 bits per heavy atom. The molecule has 0 unspecified atom stereocenters. The maximum absolute atomic E-state index is 13.6. The van der Waals surface area contributed by atoms with Gasteiger partial charge in [0.05, 0.1) is 18.7 Å². The normalized spacial score (nSPS) is 16.7. The fourth-order valence-corrected chi connectivity index (χ4v) is 4.81. The Morgan fingerprint density at radius 3 is 2.55 bits per heavy atom. The molecule has 4 N–H and O–H groups in total. The summed E-state index contributed by atoms with van der Waals surface area (Å²) in [5.41, 5.74) is 1.99. The van der Waals surface area contributed by atoms with Crippen LogP contribution in [0.5, 0.6) is 5.75 Å². The van der Waals surface area contributed by atoms with Crippen molar-refractivity contribution < 1.29 is 29.0 Å². The molecule has 2 heterocycles. The molecule has 38 heavy (non-hydrogen) atoms. The Morgan fingerprint density at radius 2 is 1.97 bits per heavy atom. The van der Waals surface area contributed by atoms with Crippen molar-refractivity contribution in [2.45, 2.75) is 58.7 Å². The first-order valence-corrected chi connectivity index (χ1v) is 12.9. The average molecular weight is 527 g/mol. The molecular formula is C28H38N4O6. The lowest BCUT2D eigenvalue weighted by Gasteiger charge is -2.25. The zero-order chi connectivity index (χ0) is 28.0. The Bertz CT molecular complexity index is 1220. The number of amides is 3. The molecule has 10 heteroatoms. The molecule has 0 spiro atoms. The molecule has 3 amide bonds. The fourth-order valence-electron chi connectivity index (χ4n) is 4.81. The van der Waals surface area contributed by atoms with Gasteiger partial charge >= 0.3 is 0 Å². The molecule has 3 rings (SSSR count). The molecule has 0 saturated carbocycles. The Balaban J connectivity index is 1.87. The van der Waals surface area contributed by atoms with Gasteiger partial charge in [-0.2, -0.15) is 0 Å². The summed E-state index contributed by atoms with van der Waals surface area (Å²) < 4.78 is 7.31. The van der Waals surface area contributed by atoms with E-state index in [9.17, 15) is 24.3 Å². The smallest absolute Gasteiger partial charge is 0.268 e. The van der Waals surface area contributed by atoms with Crippen molar-refractivity contribution in [3.05, 3.63) is 42.1 Å². The number of rotatable bonds is 13. The van der Waals surface area contributed by atoms with Gasteiger partial charge in [-0.1, -0.05) is 32.1 Å². The third-order valence-electron chi connectivity index (χ3n) is 6.66. The molecule has 1 saturated heterocycles. The van der Waals surface area contributed by atoms with Crippen molar-refractivity contribution in [1.82, 2.24) is 20.5 Å². The minimum Gasteiger partial charge on any atom is -0.496 e. The Labute approximate surface area is 222 Å². The highest BCUT2D eigenvalue weighted by molar-refractivity contribution is 6.02. The summed E-state index contributed by atoms with van der Waals surface area (Å²) in [6, 6.07) is 5.30. The summed E-state index contributed by atoms with van der Waals surface area (Å²) in [7, 11) is 1.56. The first-order valence-electron chi connectivity index (χ1n) is 12.9. The van der Waals surface area contributed by atoms with E-state index < -0.39 is 42.2 Å². The fraction of sp³-hybridized carbons (Fsp3) is 0.500. The molecular weight excluding hydrogens is 488 g/mol. The summed E-state index contributed by atoms with van der Waals surface area (Å²) in [5, 5.41) is 18.5. The number of allylic oxidation sites excluding steroid dienone is 1. The number of ether oxygens (including phenoxy) is 1. The first-order chi connectivity index (χ1) is 18.0. The Hall–Kier alpha value is -3.66. The highest BCUT2D eigenvalue weighted by atomic mass is 16.5. The number of methoxy groups -OCH3 is 1. The summed E-state index contributed by atoms with van der Waals surface area (Å²) >= 11 is 0. The number of carbonyl (C=O) groups is 4. The van der Waals surface area contributed by atoms with Crippen LogP contribution >= 0.6 is 0 Å². The van der Waals surface area contributed by atoms with Crippen LogP contribution in [-0.2, 0) is 20.9 Å². The van der Waals surface area contributed by atoms with Gasteiger partial charge in [0.15, 0.2) is 5.78 Å². The maximum atomic E-state index is 13.6. The number of hydrogen-bond acceptors (Lipinski definition) is 6. The number of benzene rings is 1. The number of hydrogen-bond donors (Lipinski definition) is 4. The topological polar surface area (TPSA) is 139 Å². The molecule has 0 aliphatic carbocycles. The van der Waals surface area contributed by atoms with Crippen LogP contribution in [0.25, 0.3) is 10.9 Å². The largest absolute Gasteiger partial charge is 0.496 e. The summed E-state index contributed by atoms with van der Waals surface area (Å²) in [6.07, 6.45) is 0.963. The van der Waals surface area contributed by atoms with Gasteiger partial charge in [0.2, 0.25) is 11.8 Å². The van der Waals surface area contributed by atoms with E-state index in [1.807, 2.05) is 43.5 Å². The van der Waals surface area contributed by atoms with E-state index >= 15 is 0 Å². The van der Waals surface area contributed by atoms with Crippen LogP contribution in [0.4, 0.5) is 0 Å². The van der Waals surface area contributed by atoms with Crippen LogP contribution in [0.15, 0.2) is 36.4 Å². The van der Waals surface area contributed by atoms with Crippen molar-refractivity contribution in [3.8, 4) is 5.75 Å². The lowest BCUT2D eigenvalue weighted by Crippen LogP contribution is -2.53. The zero-order valence-electron chi connectivity index (χ0n) is 22.5. The third-order valence-corrected chi connectivity index (χ3v) is 6.66. The number of Topliss-reactive ketones (excluding diaryl/α,β-unsaturated/α-hetero) is 1. The highest BCUT2D eigenvalue weighted by Crippen LogP contribution is 2.29. The SMILES string of the molecule is C=C(C)Cn1c(C(=O)N[C@H](CC(C)C)C(=O)N[C@H](C[C@@H]2CCNC2=O)C(=O)CO)cc2c(OC)cccc21. The predicted octanol–water partition coefficient (Wildman–Crippen LogP) is 1.94. The average Bonchev–Trinajstić information content (AvgIpc) is 3.44. The number of aromatic nitrogens is 1. The number of aliphatic hydroxyl groups excluding tert-OH is 1. The number of carbonyl (C=O) groups excluding carboxylic acids is 4. The van der Waals surface area contributed by atoms with E-state index in [2.05, 4.69) is 22.5 Å². The highest BCUT2D eigenvalue weighted by Gasteiger charge is 2.33. The van der Waals surface area contributed by atoms with E-state index in [-0.39, 0.29) is 18.2 Å². The molecule has 0 radical (unpaired) electrons. The van der Waals surface area contributed by atoms with E-state index in [0.29, 0.717) is 37.4 Å². The van der Waals surface area contributed by atoms with Crippen LogP contribution < -0.4 is 20.7 Å². The van der Waals surface area contributed by atoms with Gasteiger partial charge in [-0.3, -0.25) is 19.2 Å². The molecule has 3 atom stereocenters. The van der Waals surface area contributed by atoms with Crippen molar-refractivity contribution in [3.63, 3.8) is 0 Å². The number of aliphatic hydroxyl groups is 1. The zero-order valence-corrected chi connectivity index (χ0v) is 22.5. The van der Waals surface area contributed by atoms with Crippen LogP contribution in [0.3, 0.4) is 0 Å². The molecule has 1 aliphatic heterocycles. The number of fused-ring (bicyclic) bond motifs is 1. The predicted molar refractivity (Wildman–Crippen MR) is 144 cm³/mol. The van der Waals surface area contributed by atoms with Gasteiger partial charge in [0.25, 0.3) is 5.91 Å². The molecule has 0 bridgehead atoms. The summed E-state index contributed by atoms with van der Waals surface area (Å²) in [6.45, 7) is 9.85. The number of nitrogens with one attached hydrogen (secondary N) is 3. The van der Waals surface area contributed by atoms with Crippen LogP contribution in [0.2, 0.25) is 0 Å². The van der Waals surface area contributed by atoms with Gasteiger partial charge in [0, 0.05) is 24.4 Å². The van der Waals surface area contributed by atoms with Gasteiger partial charge in [-0.05, 0) is 50.3 Å². The van der Waals surface area contributed by atoms with Crippen molar-refractivity contribution in [2.24, 2.45) is 11.8 Å². The van der Waals surface area contributed by atoms with Crippen molar-refractivity contribution in [1.29, 1.82) is 0 Å². The molecule has 10 nitrogen and oxygen atoms in total. The van der Waals surface area contributed by atoms with Crippen LogP contribution in [-0.4, -0.2) is 65.5 Å². The molecule has 1 aliphatic rings. The second-order valence-electron chi connectivity index (χ2n) is 10.3. The first kappa shape index (κ1) is 28.9. The van der Waals surface area contributed by atoms with Gasteiger partial charge in [0.1, 0.15) is 24.1 Å².